The molecule has 5 rings (SSSR count). The van der Waals surface area contributed by atoms with Crippen LogP contribution in [0.3, 0.4) is 0 Å². The number of aliphatic hydroxyl groups excluding tert-OH is 1. The molecule has 34 heavy (non-hydrogen) atoms. The van der Waals surface area contributed by atoms with Crippen LogP contribution in [0, 0.1) is 48.8 Å². The predicted molar refractivity (Wildman–Crippen MR) is 125 cm³/mol. The zero-order chi connectivity index (χ0) is 24.3. The molecule has 0 saturated heterocycles. The summed E-state index contributed by atoms with van der Waals surface area (Å²) in [6.45, 7) is 4.56. The summed E-state index contributed by atoms with van der Waals surface area (Å²) in [5, 5.41) is 37.0. The van der Waals surface area contributed by atoms with Crippen molar-refractivity contribution in [2.75, 3.05) is 0 Å². The van der Waals surface area contributed by atoms with Gasteiger partial charge in [0, 0.05) is 11.5 Å². The molecule has 0 unspecified atom stereocenters. The molecule has 180 valence electrons. The third-order valence-electron chi connectivity index (χ3n) is 9.12. The minimum absolute atomic E-state index is 0.0387. The van der Waals surface area contributed by atoms with Crippen LogP contribution in [0.1, 0.15) is 52.4 Å². The van der Waals surface area contributed by atoms with Crippen LogP contribution in [0.5, 0.6) is 5.75 Å². The van der Waals surface area contributed by atoms with Crippen LogP contribution in [0.15, 0.2) is 47.2 Å². The lowest BCUT2D eigenvalue weighted by Crippen LogP contribution is -2.50. The Morgan fingerprint density at radius 1 is 1.09 bits per heavy atom. The third kappa shape index (κ3) is 3.45. The molecule has 0 radical (unpaired) electrons. The smallest absolute Gasteiger partial charge is 0.321 e. The summed E-state index contributed by atoms with van der Waals surface area (Å²) < 4.78 is 0. The van der Waals surface area contributed by atoms with E-state index in [0.717, 1.165) is 50.7 Å². The first kappa shape index (κ1) is 22.7. The highest BCUT2D eigenvalue weighted by molar-refractivity contribution is 6.05. The molecule has 0 aliphatic heterocycles. The second-order valence-corrected chi connectivity index (χ2v) is 10.6. The van der Waals surface area contributed by atoms with E-state index < -0.39 is 15.5 Å². The summed E-state index contributed by atoms with van der Waals surface area (Å²) in [5.41, 5.74) is 0.944. The van der Waals surface area contributed by atoms with E-state index in [-0.39, 0.29) is 28.4 Å². The van der Waals surface area contributed by atoms with Crippen molar-refractivity contribution in [3.63, 3.8) is 0 Å². The number of hydrogen-bond donors (Lipinski definition) is 1. The highest BCUT2D eigenvalue weighted by atomic mass is 16.7. The lowest BCUT2D eigenvalue weighted by Gasteiger charge is -2.56. The number of nitrogens with zero attached hydrogens (tertiary/aromatic N) is 3. The first-order valence-electron chi connectivity index (χ1n) is 11.9. The molecule has 4 aliphatic rings. The Morgan fingerprint density at radius 2 is 1.88 bits per heavy atom. The van der Waals surface area contributed by atoms with E-state index >= 15 is 0 Å². The lowest BCUT2D eigenvalue weighted by atomic mass is 9.48. The predicted octanol–water partition coefficient (Wildman–Crippen LogP) is 5.34. The summed E-state index contributed by atoms with van der Waals surface area (Å²) in [4.78, 5) is 26.3. The van der Waals surface area contributed by atoms with Gasteiger partial charge in [-0.25, -0.2) is 0 Å². The van der Waals surface area contributed by atoms with Crippen LogP contribution < -0.4 is 4.84 Å². The highest BCUT2D eigenvalue weighted by Gasteiger charge is 2.58. The molecule has 3 saturated carbocycles. The molecule has 9 nitrogen and oxygen atoms in total. The van der Waals surface area contributed by atoms with E-state index in [1.807, 2.05) is 12.2 Å². The van der Waals surface area contributed by atoms with E-state index in [1.54, 1.807) is 0 Å². The number of nitro groups is 2. The van der Waals surface area contributed by atoms with Gasteiger partial charge < -0.3 is 9.94 Å². The van der Waals surface area contributed by atoms with Gasteiger partial charge in [0.1, 0.15) is 5.71 Å². The van der Waals surface area contributed by atoms with Crippen LogP contribution >= 0.6 is 0 Å². The van der Waals surface area contributed by atoms with E-state index in [9.17, 15) is 25.3 Å². The van der Waals surface area contributed by atoms with Crippen LogP contribution in [-0.2, 0) is 0 Å². The zero-order valence-electron chi connectivity index (χ0n) is 19.3. The van der Waals surface area contributed by atoms with Crippen LogP contribution in [0.4, 0.5) is 11.4 Å². The fraction of sp³-hybridized carbons (Fsp3) is 0.560. The number of aliphatic hydroxyl groups is 1. The van der Waals surface area contributed by atoms with Gasteiger partial charge >= 0.3 is 5.69 Å². The maximum Gasteiger partial charge on any atom is 0.321 e. The van der Waals surface area contributed by atoms with Gasteiger partial charge in [-0.2, -0.15) is 0 Å². The second-order valence-electron chi connectivity index (χ2n) is 10.6. The largest absolute Gasteiger partial charge is 0.393 e. The van der Waals surface area contributed by atoms with Gasteiger partial charge in [0.2, 0.25) is 5.75 Å². The topological polar surface area (TPSA) is 128 Å². The fourth-order valence-electron chi connectivity index (χ4n) is 7.18. The van der Waals surface area contributed by atoms with Crippen molar-refractivity contribution < 1.29 is 19.8 Å². The van der Waals surface area contributed by atoms with Crippen molar-refractivity contribution in [3.8, 4) is 5.75 Å². The summed E-state index contributed by atoms with van der Waals surface area (Å²) in [6, 6.07) is 3.23. The van der Waals surface area contributed by atoms with Gasteiger partial charge in [-0.05, 0) is 79.9 Å². The third-order valence-corrected chi connectivity index (χ3v) is 9.12. The molecule has 0 bridgehead atoms. The number of nitro benzene ring substituents is 2. The van der Waals surface area contributed by atoms with E-state index in [0.29, 0.717) is 23.5 Å². The van der Waals surface area contributed by atoms with Crippen molar-refractivity contribution in [2.45, 2.75) is 58.5 Å². The standard InChI is InChI=1S/C25H29N3O6/c1-24-11-9-16(26-34-22-7-4-17(27(30)31)14-21(22)28(32)33)13-15(24)3-5-18-19-6-8-23(29)25(19,2)12-10-20(18)24/h4,7,9,11,13-14,18-20,23,29H,3,5-6,8,10,12H2,1-2H3/b26-16+/t18-,19-,20-,23-,24-,25-/m0/s1. The lowest BCUT2D eigenvalue weighted by molar-refractivity contribution is -0.394. The van der Waals surface area contributed by atoms with Gasteiger partial charge in [0.05, 0.1) is 22.0 Å². The first-order valence-corrected chi connectivity index (χ1v) is 11.9. The van der Waals surface area contributed by atoms with Crippen molar-refractivity contribution in [3.05, 3.63) is 62.2 Å². The maximum absolute atomic E-state index is 11.3. The molecule has 1 N–H and O–H groups in total. The number of oxime groups is 1. The average molecular weight is 468 g/mol. The van der Waals surface area contributed by atoms with Crippen LogP contribution in [0.25, 0.3) is 0 Å². The quantitative estimate of drug-likeness (QED) is 0.470. The number of rotatable bonds is 4. The number of benzene rings is 1. The van der Waals surface area contributed by atoms with Gasteiger partial charge in [-0.1, -0.05) is 30.7 Å². The molecule has 1 aromatic carbocycles. The Labute approximate surface area is 197 Å². The summed E-state index contributed by atoms with van der Waals surface area (Å²) in [5.74, 6) is 1.54. The van der Waals surface area contributed by atoms with Crippen molar-refractivity contribution in [1.82, 2.24) is 0 Å². The van der Waals surface area contributed by atoms with Crippen molar-refractivity contribution in [2.24, 2.45) is 33.7 Å². The normalized spacial score (nSPS) is 37.4. The summed E-state index contributed by atoms with van der Waals surface area (Å²) >= 11 is 0. The van der Waals surface area contributed by atoms with E-state index in [4.69, 9.17) is 4.84 Å². The first-order chi connectivity index (χ1) is 16.1. The van der Waals surface area contributed by atoms with Crippen molar-refractivity contribution >= 4 is 17.1 Å². The number of non-ortho nitro benzene ring substituents is 1. The molecule has 1 aromatic rings. The van der Waals surface area contributed by atoms with Crippen LogP contribution in [-0.4, -0.2) is 26.8 Å². The van der Waals surface area contributed by atoms with Gasteiger partial charge in [0.15, 0.2) is 0 Å². The maximum atomic E-state index is 11.3. The molecule has 6 atom stereocenters. The SMILES string of the molecule is C[C@]12CC[C@H]3[C@@H](CCC4=C/C(=N/Oc5ccc([N+](=O)[O-])cc5[N+](=O)[O-])C=C[C@@]43C)[C@@H]1CC[C@@H]2O. The van der Waals surface area contributed by atoms with Crippen molar-refractivity contribution in [1.29, 1.82) is 0 Å². The molecule has 0 spiro atoms. The van der Waals surface area contributed by atoms with Gasteiger partial charge in [-0.3, -0.25) is 20.2 Å². The minimum atomic E-state index is -0.715. The Morgan fingerprint density at radius 3 is 2.62 bits per heavy atom. The monoisotopic (exact) mass is 467 g/mol. The van der Waals surface area contributed by atoms with Crippen LogP contribution in [0.2, 0.25) is 0 Å². The second kappa shape index (κ2) is 8.01. The van der Waals surface area contributed by atoms with E-state index in [1.165, 1.54) is 11.6 Å². The Bertz CT molecular complexity index is 1140. The zero-order valence-corrected chi connectivity index (χ0v) is 19.3. The molecule has 0 heterocycles. The molecular formula is C25H29N3O6. The number of hydrogen-bond acceptors (Lipinski definition) is 7. The number of allylic oxidation sites excluding steroid dienone is 4. The highest BCUT2D eigenvalue weighted by Crippen LogP contribution is 2.64. The van der Waals surface area contributed by atoms with Gasteiger partial charge in [0.25, 0.3) is 5.69 Å². The fourth-order valence-corrected chi connectivity index (χ4v) is 7.18. The summed E-state index contributed by atoms with van der Waals surface area (Å²) in [6.07, 6.45) is 12.1. The Balaban J connectivity index is 1.37. The minimum Gasteiger partial charge on any atom is -0.393 e. The molecule has 9 heteroatoms. The van der Waals surface area contributed by atoms with Gasteiger partial charge in [-0.15, -0.1) is 0 Å². The Kier molecular flexibility index (Phi) is 5.35. The molecule has 4 aliphatic carbocycles. The molecule has 0 amide bonds. The average Bonchev–Trinajstić information content (AvgIpc) is 3.11. The molecule has 3 fully saturated rings. The van der Waals surface area contributed by atoms with E-state index in [2.05, 4.69) is 25.1 Å². The number of fused-ring (bicyclic) bond motifs is 5. The molecular weight excluding hydrogens is 438 g/mol. The summed E-state index contributed by atoms with van der Waals surface area (Å²) in [7, 11) is 0. The molecule has 0 aromatic heterocycles. The Hall–Kier alpha value is -3.07.